The Hall–Kier alpha value is -4.12. The Kier molecular flexibility index (Phi) is 11.4. The standard InChI is InChI=1S/C30H33NO7/c1-2-28(32)36-20-6-4-3-5-19-35-25-15-17-27(18-16-25)38-30(34)24-11-9-23(10-12-24)29(33)37-26-13-7-22(21-31)8-14-26/h2,7-8,13-18,23-24H,1,3-6,9-12,19-20H2/t23-,24-. The third-order valence-corrected chi connectivity index (χ3v) is 6.36. The number of esters is 3. The van der Waals surface area contributed by atoms with E-state index in [0.29, 0.717) is 61.7 Å². The first-order chi connectivity index (χ1) is 18.5. The summed E-state index contributed by atoms with van der Waals surface area (Å²) < 4.78 is 21.6. The van der Waals surface area contributed by atoms with Crippen molar-refractivity contribution in [3.05, 3.63) is 66.7 Å². The van der Waals surface area contributed by atoms with Gasteiger partial charge in [0.15, 0.2) is 0 Å². The molecule has 0 amide bonds. The summed E-state index contributed by atoms with van der Waals surface area (Å²) in [5, 5.41) is 8.86. The number of nitrogens with zero attached hydrogens (tertiary/aromatic N) is 1. The number of hydrogen-bond donors (Lipinski definition) is 0. The van der Waals surface area contributed by atoms with Crippen molar-refractivity contribution in [1.82, 2.24) is 0 Å². The van der Waals surface area contributed by atoms with Gasteiger partial charge in [0.05, 0.1) is 36.7 Å². The molecule has 1 fully saturated rings. The molecule has 0 radical (unpaired) electrons. The molecule has 38 heavy (non-hydrogen) atoms. The molecule has 3 rings (SSSR count). The second-order valence-electron chi connectivity index (χ2n) is 9.13. The summed E-state index contributed by atoms with van der Waals surface area (Å²) in [6.07, 6.45) is 7.00. The van der Waals surface area contributed by atoms with Gasteiger partial charge in [-0.05, 0) is 99.9 Å². The molecular weight excluding hydrogens is 486 g/mol. The van der Waals surface area contributed by atoms with Crippen molar-refractivity contribution < 1.29 is 33.3 Å². The molecule has 1 aliphatic carbocycles. The van der Waals surface area contributed by atoms with Crippen molar-refractivity contribution in [3.63, 3.8) is 0 Å². The van der Waals surface area contributed by atoms with Crippen LogP contribution in [0.5, 0.6) is 17.2 Å². The van der Waals surface area contributed by atoms with Crippen LogP contribution < -0.4 is 14.2 Å². The van der Waals surface area contributed by atoms with E-state index in [2.05, 4.69) is 6.58 Å². The Labute approximate surface area is 223 Å². The van der Waals surface area contributed by atoms with Gasteiger partial charge < -0.3 is 18.9 Å². The predicted octanol–water partition coefficient (Wildman–Crippen LogP) is 5.54. The molecule has 0 spiro atoms. The van der Waals surface area contributed by atoms with Crippen molar-refractivity contribution in [2.45, 2.75) is 51.4 Å². The van der Waals surface area contributed by atoms with E-state index in [1.165, 1.54) is 0 Å². The molecule has 8 nitrogen and oxygen atoms in total. The monoisotopic (exact) mass is 519 g/mol. The molecule has 2 aromatic carbocycles. The minimum atomic E-state index is -0.395. The topological polar surface area (TPSA) is 112 Å². The molecule has 0 atom stereocenters. The van der Waals surface area contributed by atoms with E-state index in [-0.39, 0.29) is 23.8 Å². The van der Waals surface area contributed by atoms with Crippen molar-refractivity contribution in [3.8, 4) is 23.3 Å². The van der Waals surface area contributed by atoms with Gasteiger partial charge in [-0.1, -0.05) is 6.58 Å². The van der Waals surface area contributed by atoms with Gasteiger partial charge in [-0.25, -0.2) is 4.79 Å². The van der Waals surface area contributed by atoms with E-state index < -0.39 is 5.97 Å². The highest BCUT2D eigenvalue weighted by Crippen LogP contribution is 2.31. The molecule has 1 aliphatic rings. The maximum atomic E-state index is 12.6. The van der Waals surface area contributed by atoms with Crippen molar-refractivity contribution in [2.24, 2.45) is 11.8 Å². The van der Waals surface area contributed by atoms with Crippen LogP contribution in [-0.4, -0.2) is 31.1 Å². The molecule has 2 aromatic rings. The summed E-state index contributed by atoms with van der Waals surface area (Å²) in [7, 11) is 0. The number of ether oxygens (including phenoxy) is 4. The number of carbonyl (C=O) groups is 3. The predicted molar refractivity (Wildman–Crippen MR) is 139 cm³/mol. The van der Waals surface area contributed by atoms with Gasteiger partial charge in [-0.3, -0.25) is 9.59 Å². The van der Waals surface area contributed by atoms with Crippen LogP contribution in [0.1, 0.15) is 56.9 Å². The average molecular weight is 520 g/mol. The van der Waals surface area contributed by atoms with Crippen LogP contribution in [0, 0.1) is 23.2 Å². The maximum absolute atomic E-state index is 12.6. The van der Waals surface area contributed by atoms with Crippen LogP contribution >= 0.6 is 0 Å². The molecule has 1 saturated carbocycles. The SMILES string of the molecule is C=CC(=O)OCCCCCCOc1ccc(OC(=O)[C@H]2CC[C@H](C(=O)Oc3ccc(C#N)cc3)CC2)cc1. The van der Waals surface area contributed by atoms with E-state index >= 15 is 0 Å². The minimum Gasteiger partial charge on any atom is -0.494 e. The quantitative estimate of drug-likeness (QED) is 0.147. The van der Waals surface area contributed by atoms with Crippen LogP contribution in [-0.2, 0) is 19.1 Å². The first kappa shape index (κ1) is 28.5. The number of carbonyl (C=O) groups excluding carboxylic acids is 3. The van der Waals surface area contributed by atoms with Gasteiger partial charge in [-0.15, -0.1) is 0 Å². The lowest BCUT2D eigenvalue weighted by Gasteiger charge is -2.25. The van der Waals surface area contributed by atoms with Crippen molar-refractivity contribution in [2.75, 3.05) is 13.2 Å². The molecule has 0 N–H and O–H groups in total. The van der Waals surface area contributed by atoms with E-state index in [4.69, 9.17) is 24.2 Å². The zero-order chi connectivity index (χ0) is 27.2. The largest absolute Gasteiger partial charge is 0.494 e. The molecule has 0 unspecified atom stereocenters. The normalized spacial score (nSPS) is 16.5. The fourth-order valence-corrected chi connectivity index (χ4v) is 4.14. The number of hydrogen-bond acceptors (Lipinski definition) is 8. The van der Waals surface area contributed by atoms with Gasteiger partial charge in [0.2, 0.25) is 0 Å². The van der Waals surface area contributed by atoms with Gasteiger partial charge in [0.25, 0.3) is 0 Å². The van der Waals surface area contributed by atoms with Crippen LogP contribution in [0.4, 0.5) is 0 Å². The summed E-state index contributed by atoms with van der Waals surface area (Å²) in [5.41, 5.74) is 0.500. The molecular formula is C30H33NO7. The van der Waals surface area contributed by atoms with E-state index in [1.54, 1.807) is 48.5 Å². The third-order valence-electron chi connectivity index (χ3n) is 6.36. The van der Waals surface area contributed by atoms with Crippen molar-refractivity contribution >= 4 is 17.9 Å². The van der Waals surface area contributed by atoms with E-state index in [0.717, 1.165) is 31.8 Å². The van der Waals surface area contributed by atoms with Crippen LogP contribution in [0.15, 0.2) is 61.2 Å². The smallest absolute Gasteiger partial charge is 0.330 e. The number of rotatable bonds is 13. The first-order valence-electron chi connectivity index (χ1n) is 12.9. The van der Waals surface area contributed by atoms with Crippen LogP contribution in [0.25, 0.3) is 0 Å². The Balaban J connectivity index is 1.31. The number of unbranched alkanes of at least 4 members (excludes halogenated alkanes) is 3. The van der Waals surface area contributed by atoms with E-state index in [9.17, 15) is 14.4 Å². The van der Waals surface area contributed by atoms with E-state index in [1.807, 2.05) is 6.07 Å². The fourth-order valence-electron chi connectivity index (χ4n) is 4.14. The molecule has 0 aliphatic heterocycles. The highest BCUT2D eigenvalue weighted by Gasteiger charge is 2.32. The zero-order valence-corrected chi connectivity index (χ0v) is 21.4. The Morgan fingerprint density at radius 3 is 1.74 bits per heavy atom. The highest BCUT2D eigenvalue weighted by atomic mass is 16.5. The molecule has 0 saturated heterocycles. The Morgan fingerprint density at radius 2 is 1.24 bits per heavy atom. The summed E-state index contributed by atoms with van der Waals surface area (Å²) >= 11 is 0. The lowest BCUT2D eigenvalue weighted by atomic mass is 9.82. The lowest BCUT2D eigenvalue weighted by Crippen LogP contribution is -2.30. The van der Waals surface area contributed by atoms with Crippen LogP contribution in [0.3, 0.4) is 0 Å². The van der Waals surface area contributed by atoms with Gasteiger partial charge in [0.1, 0.15) is 17.2 Å². The average Bonchev–Trinajstić information content (AvgIpc) is 2.95. The molecule has 200 valence electrons. The Bertz CT molecular complexity index is 1110. The number of benzene rings is 2. The Morgan fingerprint density at radius 1 is 0.763 bits per heavy atom. The molecule has 0 heterocycles. The molecule has 8 heteroatoms. The zero-order valence-electron chi connectivity index (χ0n) is 21.4. The summed E-state index contributed by atoms with van der Waals surface area (Å²) in [5.74, 6) is 0.0406. The van der Waals surface area contributed by atoms with Gasteiger partial charge in [0, 0.05) is 6.08 Å². The third kappa shape index (κ3) is 9.40. The maximum Gasteiger partial charge on any atom is 0.330 e. The van der Waals surface area contributed by atoms with Gasteiger partial charge >= 0.3 is 17.9 Å². The summed E-state index contributed by atoms with van der Waals surface area (Å²) in [6.45, 7) is 4.33. The summed E-state index contributed by atoms with van der Waals surface area (Å²) in [6, 6.07) is 15.4. The highest BCUT2D eigenvalue weighted by molar-refractivity contribution is 5.81. The number of nitriles is 1. The molecule has 0 bridgehead atoms. The van der Waals surface area contributed by atoms with Gasteiger partial charge in [-0.2, -0.15) is 5.26 Å². The summed E-state index contributed by atoms with van der Waals surface area (Å²) in [4.78, 5) is 36.1. The fraction of sp³-hybridized carbons (Fsp3) is 0.400. The second kappa shape index (κ2) is 15.2. The first-order valence-corrected chi connectivity index (χ1v) is 12.9. The lowest BCUT2D eigenvalue weighted by molar-refractivity contribution is -0.145. The molecule has 0 aromatic heterocycles. The second-order valence-corrected chi connectivity index (χ2v) is 9.13. The minimum absolute atomic E-state index is 0.259. The van der Waals surface area contributed by atoms with Crippen molar-refractivity contribution in [1.29, 1.82) is 5.26 Å². The van der Waals surface area contributed by atoms with Crippen LogP contribution in [0.2, 0.25) is 0 Å².